The fraction of sp³-hybridized carbons (Fsp3) is 0.753. The van der Waals surface area contributed by atoms with Gasteiger partial charge < -0.3 is 28.1 Å². The van der Waals surface area contributed by atoms with Crippen LogP contribution in [-0.2, 0) is 80.4 Å². The van der Waals surface area contributed by atoms with Gasteiger partial charge in [-0.15, -0.1) is 0 Å². The molecule has 1 saturated heterocycles. The second-order valence-corrected chi connectivity index (χ2v) is 25.2. The van der Waals surface area contributed by atoms with Gasteiger partial charge >= 0.3 is 40.2 Å². The topological polar surface area (TPSA) is 471 Å². The molecule has 0 saturated carbocycles. The fourth-order valence-corrected chi connectivity index (χ4v) is 11.2. The van der Waals surface area contributed by atoms with E-state index in [-0.39, 0.29) is 50.2 Å². The first-order valence-corrected chi connectivity index (χ1v) is 38.0. The molecule has 108 heavy (non-hydrogen) atoms. The number of rotatable bonds is 63. The lowest BCUT2D eigenvalue weighted by Crippen LogP contribution is -2.55. The van der Waals surface area contributed by atoms with Gasteiger partial charge in [0, 0.05) is 58.9 Å². The lowest BCUT2D eigenvalue weighted by Gasteiger charge is -2.35. The number of hydrogen-bond acceptors (Lipinski definition) is 28. The number of aliphatic imine (C=N–C) groups is 5. The van der Waals surface area contributed by atoms with Crippen LogP contribution in [0.5, 0.6) is 0 Å². The summed E-state index contributed by atoms with van der Waals surface area (Å²) in [6.07, 6.45) is 42.4. The number of amidine groups is 1. The van der Waals surface area contributed by atoms with Gasteiger partial charge in [0.15, 0.2) is 0 Å². The molecule has 0 atom stereocenters. The minimum atomic E-state index is -0.720. The van der Waals surface area contributed by atoms with Crippen LogP contribution in [0.15, 0.2) is 58.3 Å². The summed E-state index contributed by atoms with van der Waals surface area (Å²) in [5.41, 5.74) is -2.17. The van der Waals surface area contributed by atoms with Gasteiger partial charge in [-0.3, -0.25) is 19.6 Å². The van der Waals surface area contributed by atoms with Crippen LogP contribution in [0.2, 0.25) is 0 Å². The SMILES string of the molecule is N#COCCCCCCN=C1CC(=O)N(CCCCCCN=C=O)C(=O)N1CCCCCCOC#N.N#COCCCCCCN=c1oc(=O)n(CCCCCCN=C=O)c(=O)n1CCCCCCOC#N.N#COCCCCCCn1c(=O)n(CCCCCCN=C=O)c(=O)n(CCCCCCN=C=O)c1=O. The number of amides is 3. The predicted molar refractivity (Wildman–Crippen MR) is 394 cm³/mol. The monoisotopic (exact) mass is 1510 g/mol. The lowest BCUT2D eigenvalue weighted by molar-refractivity contribution is -0.128. The highest BCUT2D eigenvalue weighted by molar-refractivity contribution is 6.15. The zero-order chi connectivity index (χ0) is 79.0. The van der Waals surface area contributed by atoms with E-state index in [9.17, 15) is 52.7 Å². The molecule has 2 aromatic rings. The summed E-state index contributed by atoms with van der Waals surface area (Å²) in [5.74, 6) is -0.403. The molecule has 0 N–H and O–H groups in total. The quantitative estimate of drug-likeness (QED) is 0.0259. The molecular formula is C73H110N18O17. The second-order valence-electron chi connectivity index (χ2n) is 25.2. The molecule has 0 aromatic carbocycles. The molecule has 594 valence electrons. The van der Waals surface area contributed by atoms with Crippen LogP contribution in [0.1, 0.15) is 238 Å². The highest BCUT2D eigenvalue weighted by Gasteiger charge is 2.35. The third-order valence-corrected chi connectivity index (χ3v) is 17.0. The number of ether oxygens (including phenoxy) is 5. The number of urea groups is 1. The van der Waals surface area contributed by atoms with Crippen molar-refractivity contribution < 1.29 is 56.9 Å². The summed E-state index contributed by atoms with van der Waals surface area (Å²) in [5, 5.41) is 42.0. The smallest absolute Gasteiger partial charge is 0.425 e. The molecule has 3 heterocycles. The molecule has 1 aliphatic rings. The number of aromatic nitrogens is 5. The summed E-state index contributed by atoms with van der Waals surface area (Å²) >= 11 is 0. The fourth-order valence-electron chi connectivity index (χ4n) is 11.2. The number of isocyanates is 4. The van der Waals surface area contributed by atoms with Crippen molar-refractivity contribution in [2.75, 3.05) is 85.4 Å². The van der Waals surface area contributed by atoms with Gasteiger partial charge in [0.25, 0.3) is 31.3 Å². The standard InChI is InChI=1S/C25H38N6O5.2C24H36N6O6/c26-20-35-17-11-5-2-8-14-29-23-19-24(33)31(16-10-3-1-7-13-28-22-32)25(34)30(23)15-9-4-6-12-18-36-21-27;25-19-34-17-11-5-2-8-14-28-22-29(15-9-4-6-12-18-35-20-26)23(32)30(24(33)36-22)16-10-3-1-7-13-27-21-31;25-19-36-18-12-6-5-11-17-30-23(34)28(15-9-3-1-7-13-26-20-31)22(33)29(24(30)35)16-10-4-2-8-14-27-21-32/h1-19H2;2*1-18H2. The number of carbonyl (C=O) groups is 2. The van der Waals surface area contributed by atoms with E-state index in [1.54, 1.807) is 36.2 Å². The molecule has 35 nitrogen and oxygen atoms in total. The van der Waals surface area contributed by atoms with Crippen molar-refractivity contribution in [2.45, 2.75) is 270 Å². The van der Waals surface area contributed by atoms with Gasteiger partial charge in [-0.25, -0.2) is 95.7 Å². The van der Waals surface area contributed by atoms with E-state index in [0.717, 1.165) is 204 Å². The molecule has 2 aromatic heterocycles. The van der Waals surface area contributed by atoms with Crippen molar-refractivity contribution in [3.05, 3.63) is 58.2 Å². The molecule has 35 heteroatoms. The Kier molecular flexibility index (Phi) is 60.3. The van der Waals surface area contributed by atoms with E-state index in [1.165, 1.54) is 33.8 Å². The third-order valence-electron chi connectivity index (χ3n) is 17.0. The Hall–Kier alpha value is -10.6. The van der Waals surface area contributed by atoms with Gasteiger partial charge in [0.1, 0.15) is 38.9 Å². The van der Waals surface area contributed by atoms with Crippen LogP contribution >= 0.6 is 0 Å². The maximum absolute atomic E-state index is 13.2. The molecule has 3 amide bonds. The molecule has 0 spiro atoms. The molecule has 1 aliphatic heterocycles. The Bertz CT molecular complexity index is 3640. The largest absolute Gasteiger partial charge is 0.428 e. The van der Waals surface area contributed by atoms with E-state index in [1.807, 2.05) is 0 Å². The van der Waals surface area contributed by atoms with E-state index in [4.69, 9.17) is 30.7 Å². The van der Waals surface area contributed by atoms with Crippen molar-refractivity contribution in [3.8, 4) is 31.3 Å². The van der Waals surface area contributed by atoms with E-state index in [2.05, 4.69) is 53.6 Å². The van der Waals surface area contributed by atoms with Crippen LogP contribution in [0.3, 0.4) is 0 Å². The van der Waals surface area contributed by atoms with Gasteiger partial charge in [0.2, 0.25) is 30.2 Å². The number of hydrogen-bond donors (Lipinski definition) is 0. The van der Waals surface area contributed by atoms with Crippen molar-refractivity contribution in [1.82, 2.24) is 32.6 Å². The van der Waals surface area contributed by atoms with E-state index in [0.29, 0.717) is 143 Å². The number of nitrogens with zero attached hydrogens (tertiary/aromatic N) is 18. The summed E-state index contributed by atoms with van der Waals surface area (Å²) in [6.45, 7) is 6.72. The number of nitriles is 5. The van der Waals surface area contributed by atoms with E-state index >= 15 is 0 Å². The first-order valence-electron chi connectivity index (χ1n) is 38.0. The number of imide groups is 1. The Morgan fingerprint density at radius 1 is 0.296 bits per heavy atom. The number of carbonyl (C=O) groups excluding carboxylic acids is 6. The minimum Gasteiger partial charge on any atom is -0.428 e. The Morgan fingerprint density at radius 3 is 0.880 bits per heavy atom. The summed E-state index contributed by atoms with van der Waals surface area (Å²) in [6, 6.07) is -0.308. The molecule has 0 unspecified atom stereocenters. The van der Waals surface area contributed by atoms with Crippen molar-refractivity contribution >= 4 is 42.1 Å². The molecule has 0 bridgehead atoms. The Morgan fingerprint density at radius 2 is 0.556 bits per heavy atom. The van der Waals surface area contributed by atoms with Crippen LogP contribution < -0.4 is 34.2 Å². The first-order chi connectivity index (χ1) is 52.9. The average molecular weight is 1510 g/mol. The Balaban J connectivity index is 0.000000810. The van der Waals surface area contributed by atoms with Crippen LogP contribution in [-0.4, -0.2) is 160 Å². The maximum Gasteiger partial charge on any atom is 0.425 e. The average Bonchev–Trinajstić information content (AvgIpc) is 0.810. The van der Waals surface area contributed by atoms with Crippen molar-refractivity contribution in [1.29, 1.82) is 26.3 Å². The normalized spacial score (nSPS) is 11.8. The third kappa shape index (κ3) is 45.7. The molecule has 1 fully saturated rings. The predicted octanol–water partition coefficient (Wildman–Crippen LogP) is 8.59. The van der Waals surface area contributed by atoms with Crippen LogP contribution in [0, 0.1) is 57.6 Å². The maximum atomic E-state index is 13.2. The molecule has 0 radical (unpaired) electrons. The Labute approximate surface area is 630 Å². The second kappa shape index (κ2) is 68.2. The highest BCUT2D eigenvalue weighted by atomic mass is 16.5. The zero-order valence-corrected chi connectivity index (χ0v) is 62.9. The zero-order valence-electron chi connectivity index (χ0n) is 62.9. The van der Waals surface area contributed by atoms with Gasteiger partial charge in [-0.1, -0.05) is 83.5 Å². The highest BCUT2D eigenvalue weighted by Crippen LogP contribution is 2.18. The summed E-state index contributed by atoms with van der Waals surface area (Å²) in [7, 11) is 0. The molecule has 3 rings (SSSR count). The van der Waals surface area contributed by atoms with Crippen molar-refractivity contribution in [2.24, 2.45) is 30.0 Å². The summed E-state index contributed by atoms with van der Waals surface area (Å²) in [4.78, 5) is 157. The first kappa shape index (κ1) is 95.4. The van der Waals surface area contributed by atoms with Gasteiger partial charge in [0.05, 0.1) is 32.6 Å². The lowest BCUT2D eigenvalue weighted by atomic mass is 10.1. The van der Waals surface area contributed by atoms with E-state index < -0.39 is 28.5 Å². The van der Waals surface area contributed by atoms with Crippen LogP contribution in [0.25, 0.3) is 0 Å². The number of unbranched alkanes of at least 4 members (excludes halogenated alkanes) is 27. The van der Waals surface area contributed by atoms with Gasteiger partial charge in [-0.2, -0.15) is 26.3 Å². The molecule has 0 aliphatic carbocycles. The minimum absolute atomic E-state index is 0.0357. The van der Waals surface area contributed by atoms with Crippen LogP contribution in [0.4, 0.5) is 4.79 Å². The summed E-state index contributed by atoms with van der Waals surface area (Å²) < 4.78 is 34.7. The van der Waals surface area contributed by atoms with Crippen molar-refractivity contribution in [3.63, 3.8) is 0 Å². The molecular weight excluding hydrogens is 1400 g/mol. The van der Waals surface area contributed by atoms with Gasteiger partial charge in [-0.05, 0) is 148 Å².